The molecule has 3 aromatic carbocycles. The topological polar surface area (TPSA) is 51.8 Å². The normalized spacial score (nSPS) is 12.2. The Bertz CT molecular complexity index is 2210. The number of pyridine rings is 2. The number of thiazole rings is 1. The van der Waals surface area contributed by atoms with Gasteiger partial charge in [-0.25, -0.2) is 4.98 Å². The number of aryl methyl sites for hydroxylation is 1. The Balaban J connectivity index is 0.000000212. The van der Waals surface area contributed by atoms with E-state index < -0.39 is 0 Å². The van der Waals surface area contributed by atoms with Gasteiger partial charge in [0, 0.05) is 43.3 Å². The maximum atomic E-state index is 6.48. The zero-order chi connectivity index (χ0) is 34.4. The number of nitrogens with zero attached hydrogens (tertiary/aromatic N) is 3. The number of rotatable bonds is 3. The number of furan rings is 1. The zero-order valence-corrected chi connectivity index (χ0v) is 33.4. The molecule has 0 saturated heterocycles. The third-order valence-corrected chi connectivity index (χ3v) is 9.73. The first-order valence-corrected chi connectivity index (χ1v) is 17.5. The van der Waals surface area contributed by atoms with E-state index in [1.807, 2.05) is 24.5 Å². The largest absolute Gasteiger partial charge is 0.498 e. The summed E-state index contributed by atoms with van der Waals surface area (Å²) in [6.07, 6.45) is 4.91. The molecule has 6 heteroatoms. The Hall–Kier alpha value is -3.70. The molecule has 49 heavy (non-hydrogen) atoms. The summed E-state index contributed by atoms with van der Waals surface area (Å²) in [6, 6.07) is 29.6. The van der Waals surface area contributed by atoms with E-state index in [2.05, 4.69) is 146 Å². The molecule has 0 aliphatic carbocycles. The van der Waals surface area contributed by atoms with Crippen molar-refractivity contribution in [3.05, 3.63) is 113 Å². The van der Waals surface area contributed by atoms with Gasteiger partial charge in [0.25, 0.3) is 0 Å². The van der Waals surface area contributed by atoms with Gasteiger partial charge in [-0.15, -0.1) is 64.9 Å². The fourth-order valence-corrected chi connectivity index (χ4v) is 6.72. The smallest absolute Gasteiger partial charge is 0.148 e. The van der Waals surface area contributed by atoms with Crippen LogP contribution in [0.15, 0.2) is 83.5 Å². The summed E-state index contributed by atoms with van der Waals surface area (Å²) in [5.74, 6) is 0. The second-order valence-corrected chi connectivity index (χ2v) is 17.0. The van der Waals surface area contributed by atoms with Gasteiger partial charge in [-0.05, 0) is 51.9 Å². The number of aromatic nitrogens is 3. The van der Waals surface area contributed by atoms with E-state index >= 15 is 0 Å². The number of fused-ring (bicyclic) bond motifs is 5. The maximum Gasteiger partial charge on any atom is 0.148 e. The first kappa shape index (κ1) is 36.6. The molecule has 0 fully saturated rings. The van der Waals surface area contributed by atoms with Crippen LogP contribution in [0.2, 0.25) is 0 Å². The van der Waals surface area contributed by atoms with Crippen molar-refractivity contribution < 1.29 is 24.5 Å². The van der Waals surface area contributed by atoms with Gasteiger partial charge in [0.1, 0.15) is 11.1 Å². The molecule has 0 unspecified atom stereocenters. The van der Waals surface area contributed by atoms with Crippen molar-refractivity contribution in [1.82, 2.24) is 15.0 Å². The van der Waals surface area contributed by atoms with Gasteiger partial charge >= 0.3 is 0 Å². The molecule has 0 N–H and O–H groups in total. The maximum absolute atomic E-state index is 6.48. The molecule has 0 amide bonds. The number of hydrogen-bond acceptors (Lipinski definition) is 5. The van der Waals surface area contributed by atoms with E-state index in [4.69, 9.17) is 9.40 Å². The van der Waals surface area contributed by atoms with Gasteiger partial charge in [0.2, 0.25) is 0 Å². The van der Waals surface area contributed by atoms with Crippen molar-refractivity contribution in [2.24, 2.45) is 5.41 Å². The van der Waals surface area contributed by atoms with Crippen molar-refractivity contribution in [2.45, 2.75) is 86.5 Å². The minimum Gasteiger partial charge on any atom is -0.498 e. The Morgan fingerprint density at radius 3 is 2.14 bits per heavy atom. The standard InChI is InChI=1S/C26H25N2OS.C17H20N.Ir/c1-25(2,3)15-12-13-27-19(14-15)18-9-7-8-16-17-10-11-20-21(23(17)29-22(16)18)28-24(30-20)26(4,5)6;1-13-5-8-15(9-6-13)16-10-7-14(12-18-16)11-17(2,3)4;/h7-8,10-14H,1-6H3;5-8,10,12H,11H2,1-4H3;/q2*-1;. The predicted molar refractivity (Wildman–Crippen MR) is 203 cm³/mol. The van der Waals surface area contributed by atoms with Gasteiger partial charge in [0.05, 0.1) is 15.3 Å². The summed E-state index contributed by atoms with van der Waals surface area (Å²) in [4.78, 5) is 14.1. The van der Waals surface area contributed by atoms with Crippen LogP contribution in [0.3, 0.4) is 0 Å². The quantitative estimate of drug-likeness (QED) is 0.166. The summed E-state index contributed by atoms with van der Waals surface area (Å²) in [7, 11) is 0. The molecule has 255 valence electrons. The zero-order valence-electron chi connectivity index (χ0n) is 30.2. The van der Waals surface area contributed by atoms with E-state index in [-0.39, 0.29) is 30.9 Å². The molecule has 4 aromatic heterocycles. The van der Waals surface area contributed by atoms with Crippen LogP contribution < -0.4 is 0 Å². The summed E-state index contributed by atoms with van der Waals surface area (Å²) in [6.45, 7) is 22.0. The second-order valence-electron chi connectivity index (χ2n) is 16.0. The summed E-state index contributed by atoms with van der Waals surface area (Å²) < 4.78 is 7.63. The van der Waals surface area contributed by atoms with Crippen molar-refractivity contribution in [1.29, 1.82) is 0 Å². The molecule has 0 saturated carbocycles. The van der Waals surface area contributed by atoms with Crippen LogP contribution in [0.25, 0.3) is 54.7 Å². The van der Waals surface area contributed by atoms with Crippen molar-refractivity contribution in [3.8, 4) is 22.5 Å². The summed E-state index contributed by atoms with van der Waals surface area (Å²) >= 11 is 1.74. The molecule has 4 heterocycles. The second kappa shape index (κ2) is 13.9. The van der Waals surface area contributed by atoms with Crippen LogP contribution in [-0.4, -0.2) is 15.0 Å². The van der Waals surface area contributed by atoms with Gasteiger partial charge in [-0.3, -0.25) is 0 Å². The molecular weight excluding hydrogens is 799 g/mol. The number of benzene rings is 3. The first-order chi connectivity index (χ1) is 22.6. The van der Waals surface area contributed by atoms with Gasteiger partial charge in [-0.1, -0.05) is 104 Å². The Kier molecular flexibility index (Phi) is 10.4. The van der Waals surface area contributed by atoms with E-state index in [1.165, 1.54) is 16.7 Å². The van der Waals surface area contributed by atoms with Crippen LogP contribution in [0.4, 0.5) is 0 Å². The van der Waals surface area contributed by atoms with E-state index in [1.54, 1.807) is 11.3 Å². The molecule has 7 rings (SSSR count). The minimum atomic E-state index is 0. The van der Waals surface area contributed by atoms with E-state index in [0.29, 0.717) is 5.41 Å². The van der Waals surface area contributed by atoms with E-state index in [9.17, 15) is 0 Å². The molecule has 4 nitrogen and oxygen atoms in total. The van der Waals surface area contributed by atoms with Crippen LogP contribution in [0.1, 0.15) is 84.0 Å². The van der Waals surface area contributed by atoms with Crippen LogP contribution in [0.5, 0.6) is 0 Å². The molecule has 0 spiro atoms. The monoisotopic (exact) mass is 844 g/mol. The van der Waals surface area contributed by atoms with Gasteiger partial charge < -0.3 is 14.4 Å². The molecule has 0 bridgehead atoms. The van der Waals surface area contributed by atoms with Gasteiger partial charge in [-0.2, -0.15) is 0 Å². The molecular formula is C43H45IrN3OS-2. The third kappa shape index (κ3) is 8.20. The minimum absolute atomic E-state index is 0. The molecule has 0 aliphatic heterocycles. The first-order valence-electron chi connectivity index (χ1n) is 16.6. The van der Waals surface area contributed by atoms with Gasteiger partial charge in [0.15, 0.2) is 0 Å². The SMILES string of the molecule is CC(C)(C)c1ccnc(-c2[c-]ccc3c2oc2c3ccc3sc(C(C)(C)C)nc32)c1.Cc1c[c-]c(-c2ccc(CC(C)(C)C)cn2)cc1.[Ir]. The Morgan fingerprint density at radius 1 is 0.755 bits per heavy atom. The average molecular weight is 844 g/mol. The summed E-state index contributed by atoms with van der Waals surface area (Å²) in [5.41, 5.74) is 10.6. The van der Waals surface area contributed by atoms with Crippen molar-refractivity contribution in [3.63, 3.8) is 0 Å². The Morgan fingerprint density at radius 2 is 1.51 bits per heavy atom. The third-order valence-electron chi connectivity index (χ3n) is 8.29. The summed E-state index contributed by atoms with van der Waals surface area (Å²) in [5, 5.41) is 3.29. The van der Waals surface area contributed by atoms with E-state index in [0.717, 1.165) is 66.1 Å². The van der Waals surface area contributed by atoms with Crippen LogP contribution in [-0.2, 0) is 37.4 Å². The number of hydrogen-bond donors (Lipinski definition) is 0. The fraction of sp³-hybridized carbons (Fsp3) is 0.326. The average Bonchev–Trinajstić information content (AvgIpc) is 3.63. The van der Waals surface area contributed by atoms with Crippen molar-refractivity contribution in [2.75, 3.05) is 0 Å². The van der Waals surface area contributed by atoms with Crippen LogP contribution in [0, 0.1) is 24.5 Å². The molecule has 7 aromatic rings. The van der Waals surface area contributed by atoms with Crippen LogP contribution >= 0.6 is 11.3 Å². The molecule has 0 aliphatic rings. The Labute approximate surface area is 308 Å². The predicted octanol–water partition coefficient (Wildman–Crippen LogP) is 12.1. The fourth-order valence-electron chi connectivity index (χ4n) is 5.70. The van der Waals surface area contributed by atoms with Crippen molar-refractivity contribution >= 4 is 43.5 Å². The molecule has 0 atom stereocenters. The molecule has 1 radical (unpaired) electrons.